The first kappa shape index (κ1) is 17.3. The highest BCUT2D eigenvalue weighted by molar-refractivity contribution is 5.76. The van der Waals surface area contributed by atoms with Crippen molar-refractivity contribution in [3.05, 3.63) is 23.8 Å². The van der Waals surface area contributed by atoms with Crippen molar-refractivity contribution in [1.82, 2.24) is 5.32 Å². The van der Waals surface area contributed by atoms with Crippen LogP contribution in [-0.4, -0.2) is 33.2 Å². The van der Waals surface area contributed by atoms with Gasteiger partial charge >= 0.3 is 0 Å². The molecule has 0 spiro atoms. The number of ether oxygens (including phenoxy) is 2. The van der Waals surface area contributed by atoms with Gasteiger partial charge in [-0.15, -0.1) is 0 Å². The number of nitrogens with one attached hydrogen (secondary N) is 1. The normalized spacial score (nSPS) is 11.8. The zero-order chi connectivity index (χ0) is 15.7. The number of amides is 1. The molecule has 21 heavy (non-hydrogen) atoms. The minimum absolute atomic E-state index is 0.0628. The zero-order valence-electron chi connectivity index (χ0n) is 13.1. The molecule has 5 nitrogen and oxygen atoms in total. The third-order valence-corrected chi connectivity index (χ3v) is 3.57. The first-order valence-corrected chi connectivity index (χ1v) is 7.32. The van der Waals surface area contributed by atoms with Crippen LogP contribution in [0.2, 0.25) is 0 Å². The minimum atomic E-state index is 0.0628. The van der Waals surface area contributed by atoms with E-state index in [-0.39, 0.29) is 11.8 Å². The fourth-order valence-electron chi connectivity index (χ4n) is 2.11. The van der Waals surface area contributed by atoms with Crippen LogP contribution in [0.5, 0.6) is 11.5 Å². The SMILES string of the molecule is CCC(CN)CC(=O)NCCc1ccc(OC)c(OC)c1. The van der Waals surface area contributed by atoms with Crippen molar-refractivity contribution in [2.45, 2.75) is 26.2 Å². The summed E-state index contributed by atoms with van der Waals surface area (Å²) in [5, 5.41) is 2.93. The van der Waals surface area contributed by atoms with Crippen molar-refractivity contribution in [2.75, 3.05) is 27.3 Å². The van der Waals surface area contributed by atoms with Crippen molar-refractivity contribution in [3.63, 3.8) is 0 Å². The molecule has 1 rings (SSSR count). The molecule has 118 valence electrons. The van der Waals surface area contributed by atoms with Crippen LogP contribution >= 0.6 is 0 Å². The third-order valence-electron chi connectivity index (χ3n) is 3.57. The lowest BCUT2D eigenvalue weighted by Crippen LogP contribution is -2.29. The molecule has 5 heteroatoms. The van der Waals surface area contributed by atoms with Crippen LogP contribution in [-0.2, 0) is 11.2 Å². The lowest BCUT2D eigenvalue weighted by atomic mass is 10.0. The first-order chi connectivity index (χ1) is 10.1. The number of hydrogen-bond donors (Lipinski definition) is 2. The van der Waals surface area contributed by atoms with Gasteiger partial charge in [-0.2, -0.15) is 0 Å². The Labute approximate surface area is 126 Å². The largest absolute Gasteiger partial charge is 0.493 e. The quantitative estimate of drug-likeness (QED) is 0.727. The van der Waals surface area contributed by atoms with Gasteiger partial charge in [0, 0.05) is 13.0 Å². The molecule has 1 unspecified atom stereocenters. The molecule has 1 aromatic carbocycles. The summed E-state index contributed by atoms with van der Waals surface area (Å²) in [6.07, 6.45) is 2.18. The number of methoxy groups -OCH3 is 2. The predicted molar refractivity (Wildman–Crippen MR) is 83.7 cm³/mol. The summed E-state index contributed by atoms with van der Waals surface area (Å²) in [4.78, 5) is 11.8. The Morgan fingerprint density at radius 3 is 2.57 bits per heavy atom. The van der Waals surface area contributed by atoms with E-state index < -0.39 is 0 Å². The maximum atomic E-state index is 11.8. The van der Waals surface area contributed by atoms with Crippen LogP contribution in [0.4, 0.5) is 0 Å². The molecule has 0 aliphatic rings. The minimum Gasteiger partial charge on any atom is -0.493 e. The van der Waals surface area contributed by atoms with Crippen molar-refractivity contribution in [3.8, 4) is 11.5 Å². The van der Waals surface area contributed by atoms with Crippen molar-refractivity contribution < 1.29 is 14.3 Å². The molecule has 0 fully saturated rings. The molecule has 0 aromatic heterocycles. The fraction of sp³-hybridized carbons (Fsp3) is 0.562. The Hall–Kier alpha value is -1.75. The maximum absolute atomic E-state index is 11.8. The van der Waals surface area contributed by atoms with Crippen LogP contribution in [0.15, 0.2) is 18.2 Å². The molecule has 0 radical (unpaired) electrons. The number of carbonyl (C=O) groups excluding carboxylic acids is 1. The van der Waals surface area contributed by atoms with Gasteiger partial charge in [-0.25, -0.2) is 0 Å². The summed E-state index contributed by atoms with van der Waals surface area (Å²) >= 11 is 0. The predicted octanol–water partition coefficient (Wildman–Crippen LogP) is 1.74. The summed E-state index contributed by atoms with van der Waals surface area (Å²) in [6, 6.07) is 5.78. The summed E-state index contributed by atoms with van der Waals surface area (Å²) in [5.41, 5.74) is 6.70. The smallest absolute Gasteiger partial charge is 0.220 e. The molecule has 0 aliphatic heterocycles. The molecule has 0 saturated carbocycles. The Balaban J connectivity index is 2.43. The number of rotatable bonds is 9. The zero-order valence-corrected chi connectivity index (χ0v) is 13.1. The van der Waals surface area contributed by atoms with Gasteiger partial charge in [0.25, 0.3) is 0 Å². The van der Waals surface area contributed by atoms with Gasteiger partial charge in [-0.05, 0) is 36.6 Å². The number of benzene rings is 1. The molecule has 1 aromatic rings. The molecular formula is C16H26N2O3. The van der Waals surface area contributed by atoms with E-state index in [0.717, 1.165) is 18.4 Å². The number of nitrogens with two attached hydrogens (primary N) is 1. The summed E-state index contributed by atoms with van der Waals surface area (Å²) in [7, 11) is 3.22. The Bertz CT molecular complexity index is 445. The molecule has 3 N–H and O–H groups in total. The van der Waals surface area contributed by atoms with E-state index >= 15 is 0 Å². The number of hydrogen-bond acceptors (Lipinski definition) is 4. The van der Waals surface area contributed by atoms with Crippen LogP contribution in [0, 0.1) is 5.92 Å². The van der Waals surface area contributed by atoms with Gasteiger partial charge in [0.1, 0.15) is 0 Å². The van der Waals surface area contributed by atoms with Crippen LogP contribution in [0.3, 0.4) is 0 Å². The van der Waals surface area contributed by atoms with E-state index in [4.69, 9.17) is 15.2 Å². The van der Waals surface area contributed by atoms with Crippen LogP contribution in [0.25, 0.3) is 0 Å². The number of carbonyl (C=O) groups is 1. The average Bonchev–Trinajstić information content (AvgIpc) is 2.52. The molecule has 0 bridgehead atoms. The van der Waals surface area contributed by atoms with Gasteiger partial charge < -0.3 is 20.5 Å². The molecule has 0 saturated heterocycles. The van der Waals surface area contributed by atoms with E-state index in [9.17, 15) is 4.79 Å². The second kappa shape index (κ2) is 9.23. The van der Waals surface area contributed by atoms with E-state index in [0.29, 0.717) is 31.0 Å². The second-order valence-corrected chi connectivity index (χ2v) is 5.00. The average molecular weight is 294 g/mol. The maximum Gasteiger partial charge on any atom is 0.220 e. The third kappa shape index (κ3) is 5.63. The lowest BCUT2D eigenvalue weighted by Gasteiger charge is -2.12. The van der Waals surface area contributed by atoms with Crippen molar-refractivity contribution in [2.24, 2.45) is 11.7 Å². The first-order valence-electron chi connectivity index (χ1n) is 7.32. The van der Waals surface area contributed by atoms with Gasteiger partial charge in [-0.1, -0.05) is 19.4 Å². The van der Waals surface area contributed by atoms with Gasteiger partial charge in [-0.3, -0.25) is 4.79 Å². The monoisotopic (exact) mass is 294 g/mol. The Morgan fingerprint density at radius 1 is 1.29 bits per heavy atom. The van der Waals surface area contributed by atoms with Gasteiger partial charge in [0.2, 0.25) is 5.91 Å². The second-order valence-electron chi connectivity index (χ2n) is 5.00. The Morgan fingerprint density at radius 2 is 2.00 bits per heavy atom. The van der Waals surface area contributed by atoms with E-state index in [1.807, 2.05) is 18.2 Å². The van der Waals surface area contributed by atoms with E-state index in [1.54, 1.807) is 14.2 Å². The van der Waals surface area contributed by atoms with E-state index in [2.05, 4.69) is 12.2 Å². The topological polar surface area (TPSA) is 73.6 Å². The molecule has 0 heterocycles. The molecular weight excluding hydrogens is 268 g/mol. The summed E-state index contributed by atoms with van der Waals surface area (Å²) < 4.78 is 10.5. The lowest BCUT2D eigenvalue weighted by molar-refractivity contribution is -0.121. The van der Waals surface area contributed by atoms with Gasteiger partial charge in [0.05, 0.1) is 14.2 Å². The van der Waals surface area contributed by atoms with Gasteiger partial charge in [0.15, 0.2) is 11.5 Å². The van der Waals surface area contributed by atoms with Crippen LogP contribution < -0.4 is 20.5 Å². The Kier molecular flexibility index (Phi) is 7.61. The van der Waals surface area contributed by atoms with E-state index in [1.165, 1.54) is 0 Å². The highest BCUT2D eigenvalue weighted by Crippen LogP contribution is 2.27. The molecule has 1 atom stereocenters. The molecule has 1 amide bonds. The van der Waals surface area contributed by atoms with Crippen molar-refractivity contribution in [1.29, 1.82) is 0 Å². The fourth-order valence-corrected chi connectivity index (χ4v) is 2.11. The van der Waals surface area contributed by atoms with Crippen LogP contribution in [0.1, 0.15) is 25.3 Å². The summed E-state index contributed by atoms with van der Waals surface area (Å²) in [6.45, 7) is 3.21. The standard InChI is InChI=1S/C16H26N2O3/c1-4-12(11-17)10-16(19)18-8-7-13-5-6-14(20-2)15(9-13)21-3/h5-6,9,12H,4,7-8,10-11,17H2,1-3H3,(H,18,19). The molecule has 0 aliphatic carbocycles. The summed E-state index contributed by atoms with van der Waals surface area (Å²) in [5.74, 6) is 1.74. The highest BCUT2D eigenvalue weighted by atomic mass is 16.5. The van der Waals surface area contributed by atoms with Crippen molar-refractivity contribution >= 4 is 5.91 Å². The highest BCUT2D eigenvalue weighted by Gasteiger charge is 2.10.